The molecule has 7 aromatic carbocycles. The van der Waals surface area contributed by atoms with E-state index in [1.807, 2.05) is 18.3 Å². The number of rotatable bonds is 5. The van der Waals surface area contributed by atoms with Gasteiger partial charge in [0.25, 0.3) is 0 Å². The first-order chi connectivity index (χ1) is 24.3. The number of hydrogen-bond acceptors (Lipinski definition) is 3. The minimum atomic E-state index is 0.772. The molecule has 10 rings (SSSR count). The smallest absolute Gasteiger partial charge is 0.153 e. The maximum absolute atomic E-state index is 6.18. The number of hydrogen-bond donors (Lipinski definition) is 0. The molecule has 0 amide bonds. The Morgan fingerprint density at radius 3 is 1.92 bits per heavy atom. The summed E-state index contributed by atoms with van der Waals surface area (Å²) in [5.74, 6) is 0.814. The van der Waals surface area contributed by atoms with Gasteiger partial charge in [-0.3, -0.25) is 4.90 Å². The van der Waals surface area contributed by atoms with E-state index in [9.17, 15) is 0 Å². The Morgan fingerprint density at radius 1 is 0.449 bits per heavy atom. The zero-order valence-electron chi connectivity index (χ0n) is 26.5. The van der Waals surface area contributed by atoms with Crippen molar-refractivity contribution in [2.45, 2.75) is 0 Å². The highest BCUT2D eigenvalue weighted by Crippen LogP contribution is 2.41. The van der Waals surface area contributed by atoms with Gasteiger partial charge in [0.1, 0.15) is 11.4 Å². The molecule has 0 aliphatic heterocycles. The third-order valence-corrected chi connectivity index (χ3v) is 9.58. The second kappa shape index (κ2) is 11.0. The Hall–Kier alpha value is -6.65. The second-order valence-corrected chi connectivity index (χ2v) is 12.5. The van der Waals surface area contributed by atoms with Gasteiger partial charge in [0.05, 0.1) is 22.9 Å². The summed E-state index contributed by atoms with van der Waals surface area (Å²) in [4.78, 5) is 7.27. The van der Waals surface area contributed by atoms with E-state index < -0.39 is 0 Å². The van der Waals surface area contributed by atoms with Gasteiger partial charge >= 0.3 is 0 Å². The van der Waals surface area contributed by atoms with Crippen LogP contribution < -0.4 is 4.90 Å². The summed E-state index contributed by atoms with van der Waals surface area (Å²) in [6, 6.07) is 60.3. The van der Waals surface area contributed by atoms with E-state index in [0.29, 0.717) is 0 Å². The van der Waals surface area contributed by atoms with E-state index in [1.54, 1.807) is 0 Å². The van der Waals surface area contributed by atoms with Gasteiger partial charge in [0.2, 0.25) is 0 Å². The number of nitrogens with zero attached hydrogens (tertiary/aromatic N) is 3. The molecule has 0 bridgehead atoms. The first-order valence-corrected chi connectivity index (χ1v) is 16.5. The van der Waals surface area contributed by atoms with Crippen LogP contribution >= 0.6 is 0 Å². The Labute approximate surface area is 282 Å². The topological polar surface area (TPSA) is 34.2 Å². The second-order valence-electron chi connectivity index (χ2n) is 12.5. The monoisotopic (exact) mass is 627 g/mol. The lowest BCUT2D eigenvalue weighted by Gasteiger charge is -2.26. The number of anilines is 3. The van der Waals surface area contributed by atoms with Crippen LogP contribution in [0.5, 0.6) is 0 Å². The van der Waals surface area contributed by atoms with Crippen molar-refractivity contribution in [2.75, 3.05) is 4.90 Å². The van der Waals surface area contributed by atoms with E-state index in [1.165, 1.54) is 32.6 Å². The quantitative estimate of drug-likeness (QED) is 0.190. The third kappa shape index (κ3) is 4.49. The van der Waals surface area contributed by atoms with Crippen LogP contribution in [0.15, 0.2) is 180 Å². The number of aromatic nitrogens is 2. The van der Waals surface area contributed by atoms with E-state index in [-0.39, 0.29) is 0 Å². The Balaban J connectivity index is 1.27. The molecule has 0 radical (unpaired) electrons. The normalized spacial score (nSPS) is 11.7. The van der Waals surface area contributed by atoms with Gasteiger partial charge in [-0.15, -0.1) is 0 Å². The summed E-state index contributed by atoms with van der Waals surface area (Å²) in [7, 11) is 0. The lowest BCUT2D eigenvalue weighted by atomic mass is 9.99. The summed E-state index contributed by atoms with van der Waals surface area (Å²) < 4.78 is 8.57. The fourth-order valence-corrected chi connectivity index (χ4v) is 7.32. The van der Waals surface area contributed by atoms with Gasteiger partial charge in [0.15, 0.2) is 5.58 Å². The predicted octanol–water partition coefficient (Wildman–Crippen LogP) is 12.4. The van der Waals surface area contributed by atoms with Crippen LogP contribution in [0.2, 0.25) is 0 Å². The van der Waals surface area contributed by atoms with Crippen LogP contribution in [0.3, 0.4) is 0 Å². The lowest BCUT2D eigenvalue weighted by Crippen LogP contribution is -2.12. The van der Waals surface area contributed by atoms with E-state index in [2.05, 4.69) is 167 Å². The molecule has 49 heavy (non-hydrogen) atoms. The molecule has 0 atom stereocenters. The van der Waals surface area contributed by atoms with E-state index in [0.717, 1.165) is 55.9 Å². The summed E-state index contributed by atoms with van der Waals surface area (Å²) in [6.45, 7) is 0. The number of para-hydroxylation sites is 4. The van der Waals surface area contributed by atoms with Crippen LogP contribution in [0, 0.1) is 0 Å². The number of pyridine rings is 1. The molecule has 0 spiro atoms. The van der Waals surface area contributed by atoms with Gasteiger partial charge in [-0.2, -0.15) is 0 Å². The molecule has 0 saturated heterocycles. The SMILES string of the molecule is c1ccc(N(c2cc(-c3ccc4ccccc4c3)cc(-n3c4ccccc4c4ccccc43)c2)c2cc3c(cn2)oc2ccccc23)cc1. The van der Waals surface area contributed by atoms with E-state index >= 15 is 0 Å². The summed E-state index contributed by atoms with van der Waals surface area (Å²) in [6.07, 6.45) is 1.85. The van der Waals surface area contributed by atoms with Crippen molar-refractivity contribution in [1.29, 1.82) is 0 Å². The average molecular weight is 628 g/mol. The highest BCUT2D eigenvalue weighted by atomic mass is 16.3. The summed E-state index contributed by atoms with van der Waals surface area (Å²) >= 11 is 0. The Bertz CT molecular complexity index is 2790. The molecule has 10 aromatic rings. The van der Waals surface area contributed by atoms with Crippen molar-refractivity contribution in [3.05, 3.63) is 176 Å². The average Bonchev–Trinajstić information content (AvgIpc) is 3.71. The third-order valence-electron chi connectivity index (χ3n) is 9.58. The minimum Gasteiger partial charge on any atom is -0.454 e. The van der Waals surface area contributed by atoms with Crippen LogP contribution in [0.25, 0.3) is 71.3 Å². The largest absolute Gasteiger partial charge is 0.454 e. The van der Waals surface area contributed by atoms with Crippen LogP contribution in [-0.4, -0.2) is 9.55 Å². The Kier molecular flexibility index (Phi) is 6.15. The fraction of sp³-hybridized carbons (Fsp3) is 0. The van der Waals surface area contributed by atoms with Gasteiger partial charge in [-0.05, 0) is 82.6 Å². The summed E-state index contributed by atoms with van der Waals surface area (Å²) in [5.41, 5.74) is 9.34. The predicted molar refractivity (Wildman–Crippen MR) is 203 cm³/mol. The van der Waals surface area contributed by atoms with E-state index in [4.69, 9.17) is 9.40 Å². The molecule has 0 unspecified atom stereocenters. The van der Waals surface area contributed by atoms with Gasteiger partial charge in [-0.25, -0.2) is 4.98 Å². The molecule has 0 N–H and O–H groups in total. The number of furan rings is 1. The van der Waals surface area contributed by atoms with Gasteiger partial charge < -0.3 is 8.98 Å². The molecular weight excluding hydrogens is 599 g/mol. The lowest BCUT2D eigenvalue weighted by molar-refractivity contribution is 0.667. The van der Waals surface area contributed by atoms with Crippen molar-refractivity contribution >= 4 is 71.7 Å². The first-order valence-electron chi connectivity index (χ1n) is 16.5. The fourth-order valence-electron chi connectivity index (χ4n) is 7.32. The zero-order valence-corrected chi connectivity index (χ0v) is 26.5. The molecule has 0 fully saturated rings. The Morgan fingerprint density at radius 2 is 1.12 bits per heavy atom. The molecule has 3 heterocycles. The highest BCUT2D eigenvalue weighted by molar-refractivity contribution is 6.09. The number of fused-ring (bicyclic) bond motifs is 7. The van der Waals surface area contributed by atoms with Crippen molar-refractivity contribution < 1.29 is 4.42 Å². The first kappa shape index (κ1) is 27.5. The van der Waals surface area contributed by atoms with Crippen LogP contribution in [0.1, 0.15) is 0 Å². The molecule has 3 aromatic heterocycles. The number of benzene rings is 7. The minimum absolute atomic E-state index is 0.772. The summed E-state index contributed by atoms with van der Waals surface area (Å²) in [5, 5.41) is 7.01. The van der Waals surface area contributed by atoms with Crippen LogP contribution in [0.4, 0.5) is 17.2 Å². The highest BCUT2D eigenvalue weighted by Gasteiger charge is 2.20. The molecule has 0 aliphatic rings. The van der Waals surface area contributed by atoms with Crippen molar-refractivity contribution in [1.82, 2.24) is 9.55 Å². The molecule has 230 valence electrons. The maximum Gasteiger partial charge on any atom is 0.153 e. The maximum atomic E-state index is 6.18. The van der Waals surface area contributed by atoms with Crippen molar-refractivity contribution in [3.8, 4) is 16.8 Å². The van der Waals surface area contributed by atoms with Crippen molar-refractivity contribution in [3.63, 3.8) is 0 Å². The molecule has 0 saturated carbocycles. The van der Waals surface area contributed by atoms with Crippen LogP contribution in [-0.2, 0) is 0 Å². The zero-order chi connectivity index (χ0) is 32.3. The van der Waals surface area contributed by atoms with Gasteiger partial charge in [-0.1, -0.05) is 109 Å². The molecule has 4 heteroatoms. The molecule has 0 aliphatic carbocycles. The molecular formula is C45H29N3O. The van der Waals surface area contributed by atoms with Crippen molar-refractivity contribution in [2.24, 2.45) is 0 Å². The molecule has 4 nitrogen and oxygen atoms in total. The standard InChI is InChI=1S/C45H29N3O/c1-2-14-34(15-3-1)47(45-28-40-39-18-8-11-21-43(39)49-44(40)29-46-45)35-25-33(32-23-22-30-12-4-5-13-31(30)24-32)26-36(27-35)48-41-19-9-6-16-37(41)38-17-7-10-20-42(38)48/h1-29H. The van der Waals surface area contributed by atoms with Gasteiger partial charge in [0, 0.05) is 32.9 Å².